The number of aliphatic hydroxyl groups is 1. The Bertz CT molecular complexity index is 177. The molecule has 1 saturated heterocycles. The van der Waals surface area contributed by atoms with Crippen LogP contribution < -0.4 is 5.32 Å². The zero-order chi connectivity index (χ0) is 8.59. The predicted molar refractivity (Wildman–Crippen MR) is 42.8 cm³/mol. The van der Waals surface area contributed by atoms with Gasteiger partial charge < -0.3 is 10.0 Å². The van der Waals surface area contributed by atoms with Gasteiger partial charge in [-0.25, -0.2) is 9.69 Å². The maximum Gasteiger partial charge on any atom is 0.322 e. The molecule has 6 heteroatoms. The largest absolute Gasteiger partial charge is 0.361 e. The number of aliphatic hydroxyl groups excluding tert-OH is 1. The van der Waals surface area contributed by atoms with E-state index in [1.807, 2.05) is 0 Å². The first-order chi connectivity index (χ1) is 5.04. The van der Waals surface area contributed by atoms with Gasteiger partial charge >= 0.3 is 6.03 Å². The third-order valence-corrected chi connectivity index (χ3v) is 2.38. The van der Waals surface area contributed by atoms with E-state index in [0.717, 1.165) is 0 Å². The number of hydrogen-bond donors (Lipinski definition) is 3. The van der Waals surface area contributed by atoms with Crippen LogP contribution in [0.15, 0.2) is 0 Å². The molecule has 1 heterocycles. The maximum atomic E-state index is 10.9. The first-order valence-electron chi connectivity index (χ1n) is 3.15. The van der Waals surface area contributed by atoms with Crippen molar-refractivity contribution in [1.82, 2.24) is 15.1 Å². The number of carbonyl (C=O) groups is 1. The van der Waals surface area contributed by atoms with Crippen molar-refractivity contribution >= 4 is 18.7 Å². The van der Waals surface area contributed by atoms with Crippen LogP contribution in [0.4, 0.5) is 4.79 Å². The van der Waals surface area contributed by atoms with E-state index in [1.165, 1.54) is 9.80 Å². The van der Waals surface area contributed by atoms with Crippen LogP contribution in [0.25, 0.3) is 0 Å². The Morgan fingerprint density at radius 3 is 2.73 bits per heavy atom. The van der Waals surface area contributed by atoms with Gasteiger partial charge in [0.05, 0.1) is 0 Å². The van der Waals surface area contributed by atoms with Crippen molar-refractivity contribution in [3.8, 4) is 0 Å². The minimum atomic E-state index is -0.943. The first kappa shape index (κ1) is 8.63. The summed E-state index contributed by atoms with van der Waals surface area (Å²) < 4.78 is 0. The molecule has 1 fully saturated rings. The van der Waals surface area contributed by atoms with Crippen LogP contribution in [-0.4, -0.2) is 46.9 Å². The normalized spacial score (nSPS) is 33.8. The fraction of sp³-hybridized carbons (Fsp3) is 0.800. The van der Waals surface area contributed by atoms with E-state index in [4.69, 9.17) is 5.11 Å². The zero-order valence-electron chi connectivity index (χ0n) is 6.35. The standard InChI is InChI=1S/C5H11N3O2S/c1-7-3(9)6-4(10)8(2)5(7)11/h3,5,9,11H,1-2H3,(H,6,10). The Morgan fingerprint density at radius 2 is 2.18 bits per heavy atom. The van der Waals surface area contributed by atoms with Gasteiger partial charge in [0, 0.05) is 7.05 Å². The minimum Gasteiger partial charge on any atom is -0.361 e. The lowest BCUT2D eigenvalue weighted by atomic mass is 10.6. The quantitative estimate of drug-likeness (QED) is 0.419. The fourth-order valence-electron chi connectivity index (χ4n) is 0.818. The maximum absolute atomic E-state index is 10.9. The summed E-state index contributed by atoms with van der Waals surface area (Å²) in [5, 5.41) is 11.5. The predicted octanol–water partition coefficient (Wildman–Crippen LogP) is -0.937. The highest BCUT2D eigenvalue weighted by atomic mass is 32.1. The monoisotopic (exact) mass is 177 g/mol. The molecule has 5 nitrogen and oxygen atoms in total. The summed E-state index contributed by atoms with van der Waals surface area (Å²) in [4.78, 5) is 13.8. The van der Waals surface area contributed by atoms with E-state index in [2.05, 4.69) is 17.9 Å². The van der Waals surface area contributed by atoms with Crippen LogP contribution in [0, 0.1) is 0 Å². The highest BCUT2D eigenvalue weighted by molar-refractivity contribution is 7.80. The number of urea groups is 1. The van der Waals surface area contributed by atoms with Crippen LogP contribution >= 0.6 is 12.6 Å². The molecule has 0 bridgehead atoms. The summed E-state index contributed by atoms with van der Waals surface area (Å²) in [6.45, 7) is 0. The van der Waals surface area contributed by atoms with Gasteiger partial charge in [-0.3, -0.25) is 5.32 Å². The molecule has 0 aromatic carbocycles. The van der Waals surface area contributed by atoms with Gasteiger partial charge in [-0.05, 0) is 7.05 Å². The zero-order valence-corrected chi connectivity index (χ0v) is 7.25. The topological polar surface area (TPSA) is 55.8 Å². The molecule has 11 heavy (non-hydrogen) atoms. The van der Waals surface area contributed by atoms with Gasteiger partial charge in [0.25, 0.3) is 0 Å². The van der Waals surface area contributed by atoms with Gasteiger partial charge in [-0.2, -0.15) is 0 Å². The molecule has 1 rings (SSSR count). The molecule has 0 radical (unpaired) electrons. The van der Waals surface area contributed by atoms with E-state index in [0.29, 0.717) is 0 Å². The Kier molecular flexibility index (Phi) is 2.26. The molecular formula is C5H11N3O2S. The molecule has 1 aliphatic rings. The van der Waals surface area contributed by atoms with E-state index >= 15 is 0 Å². The summed E-state index contributed by atoms with van der Waals surface area (Å²) in [6, 6.07) is -0.324. The van der Waals surface area contributed by atoms with Crippen molar-refractivity contribution in [2.45, 2.75) is 11.8 Å². The second-order valence-corrected chi connectivity index (χ2v) is 2.91. The molecule has 0 spiro atoms. The molecule has 0 aromatic rings. The summed E-state index contributed by atoms with van der Waals surface area (Å²) in [5.74, 6) is 0. The number of nitrogens with zero attached hydrogens (tertiary/aromatic N) is 2. The SMILES string of the molecule is CN1C(=O)NC(O)N(C)C1S. The Morgan fingerprint density at radius 1 is 1.64 bits per heavy atom. The van der Waals surface area contributed by atoms with Crippen molar-refractivity contribution in [3.63, 3.8) is 0 Å². The molecule has 0 saturated carbocycles. The average molecular weight is 177 g/mol. The van der Waals surface area contributed by atoms with Crippen molar-refractivity contribution in [2.24, 2.45) is 0 Å². The summed E-state index contributed by atoms with van der Waals surface area (Å²) in [5.41, 5.74) is -0.376. The molecule has 1 aliphatic heterocycles. The summed E-state index contributed by atoms with van der Waals surface area (Å²) >= 11 is 4.10. The molecule has 2 unspecified atom stereocenters. The lowest BCUT2D eigenvalue weighted by Crippen LogP contribution is -2.63. The Labute approximate surface area is 70.4 Å². The van der Waals surface area contributed by atoms with Crippen molar-refractivity contribution in [2.75, 3.05) is 14.1 Å². The number of amides is 2. The van der Waals surface area contributed by atoms with Crippen molar-refractivity contribution < 1.29 is 9.90 Å². The smallest absolute Gasteiger partial charge is 0.322 e. The van der Waals surface area contributed by atoms with Gasteiger partial charge in [-0.1, -0.05) is 0 Å². The number of rotatable bonds is 0. The van der Waals surface area contributed by atoms with Gasteiger partial charge in [0.1, 0.15) is 5.50 Å². The number of thiol groups is 1. The number of nitrogens with one attached hydrogen (secondary N) is 1. The van der Waals surface area contributed by atoms with E-state index in [9.17, 15) is 4.79 Å². The van der Waals surface area contributed by atoms with Crippen LogP contribution in [0.1, 0.15) is 0 Å². The van der Waals surface area contributed by atoms with Crippen molar-refractivity contribution in [3.05, 3.63) is 0 Å². The van der Waals surface area contributed by atoms with Crippen LogP contribution in [0.3, 0.4) is 0 Å². The molecule has 2 N–H and O–H groups in total. The summed E-state index contributed by atoms with van der Waals surface area (Å²) in [7, 11) is 3.27. The Hall–Kier alpha value is -0.460. The van der Waals surface area contributed by atoms with E-state index in [-0.39, 0.29) is 11.5 Å². The number of hydrogen-bond acceptors (Lipinski definition) is 4. The fourth-order valence-corrected chi connectivity index (χ4v) is 1.05. The van der Waals surface area contributed by atoms with Gasteiger partial charge in [-0.15, -0.1) is 12.6 Å². The third kappa shape index (κ3) is 1.42. The highest BCUT2D eigenvalue weighted by Crippen LogP contribution is 2.12. The summed E-state index contributed by atoms with van der Waals surface area (Å²) in [6.07, 6.45) is -0.943. The lowest BCUT2D eigenvalue weighted by molar-refractivity contribution is -0.0521. The average Bonchev–Trinajstić information content (AvgIpc) is 1.97. The Balaban J connectivity index is 2.70. The highest BCUT2D eigenvalue weighted by Gasteiger charge is 2.31. The molecule has 64 valence electrons. The van der Waals surface area contributed by atoms with Crippen LogP contribution in [-0.2, 0) is 0 Å². The van der Waals surface area contributed by atoms with Gasteiger partial charge in [0.2, 0.25) is 0 Å². The van der Waals surface area contributed by atoms with Crippen molar-refractivity contribution in [1.29, 1.82) is 0 Å². The molecule has 2 amide bonds. The van der Waals surface area contributed by atoms with E-state index in [1.54, 1.807) is 14.1 Å². The van der Waals surface area contributed by atoms with Crippen LogP contribution in [0.5, 0.6) is 0 Å². The van der Waals surface area contributed by atoms with E-state index < -0.39 is 6.35 Å². The van der Waals surface area contributed by atoms with Crippen LogP contribution in [0.2, 0.25) is 0 Å². The lowest BCUT2D eigenvalue weighted by Gasteiger charge is -2.40. The number of carbonyl (C=O) groups excluding carboxylic acids is 1. The third-order valence-electron chi connectivity index (χ3n) is 1.67. The molecule has 0 aliphatic carbocycles. The first-order valence-corrected chi connectivity index (χ1v) is 3.67. The second-order valence-electron chi connectivity index (χ2n) is 2.45. The van der Waals surface area contributed by atoms with Gasteiger partial charge in [0.15, 0.2) is 6.35 Å². The molecular weight excluding hydrogens is 166 g/mol. The second kappa shape index (κ2) is 2.88. The minimum absolute atomic E-state index is 0.324. The molecule has 0 aromatic heterocycles. The molecule has 2 atom stereocenters.